The van der Waals surface area contributed by atoms with Crippen LogP contribution >= 0.6 is 0 Å². The molecule has 2 rings (SSSR count). The van der Waals surface area contributed by atoms with E-state index in [1.807, 2.05) is 0 Å². The molecule has 0 spiro atoms. The lowest BCUT2D eigenvalue weighted by Crippen LogP contribution is -2.60. The Morgan fingerprint density at radius 1 is 1.14 bits per heavy atom. The summed E-state index contributed by atoms with van der Waals surface area (Å²) in [5.74, 6) is -0.708. The number of nitrogens with zero attached hydrogens (tertiary/aromatic N) is 3. The molecule has 114 valence electrons. The summed E-state index contributed by atoms with van der Waals surface area (Å²) < 4.78 is 26.3. The van der Waals surface area contributed by atoms with Crippen molar-refractivity contribution in [3.63, 3.8) is 0 Å². The zero-order valence-corrected chi connectivity index (χ0v) is 12.9. The summed E-state index contributed by atoms with van der Waals surface area (Å²) >= 11 is 0. The third-order valence-corrected chi connectivity index (χ3v) is 5.56. The average molecular weight is 311 g/mol. The number of hydrogen-bond acceptors (Lipinski definition) is 4. The molecular formula is C13H17N3O4S. The van der Waals surface area contributed by atoms with Crippen molar-refractivity contribution < 1.29 is 18.0 Å². The summed E-state index contributed by atoms with van der Waals surface area (Å²) in [4.78, 5) is 25.9. The highest BCUT2D eigenvalue weighted by atomic mass is 32.2. The van der Waals surface area contributed by atoms with Crippen LogP contribution in [0.4, 0.5) is 10.5 Å². The van der Waals surface area contributed by atoms with Crippen molar-refractivity contribution in [2.75, 3.05) is 32.0 Å². The molecule has 21 heavy (non-hydrogen) atoms. The zero-order chi connectivity index (χ0) is 15.8. The molecule has 3 amide bonds. The molecule has 1 fully saturated rings. The third-order valence-electron chi connectivity index (χ3n) is 3.52. The maximum atomic E-state index is 12.6. The Labute approximate surface area is 123 Å². The van der Waals surface area contributed by atoms with E-state index in [2.05, 4.69) is 0 Å². The first-order valence-corrected chi connectivity index (χ1v) is 7.82. The van der Waals surface area contributed by atoms with Gasteiger partial charge in [0.25, 0.3) is 5.91 Å². The van der Waals surface area contributed by atoms with Crippen molar-refractivity contribution in [2.24, 2.45) is 0 Å². The van der Waals surface area contributed by atoms with E-state index in [-0.39, 0.29) is 6.54 Å². The lowest BCUT2D eigenvalue weighted by atomic mass is 10.3. The smallest absolute Gasteiger partial charge is 0.325 e. The molecule has 8 heteroatoms. The second-order valence-electron chi connectivity index (χ2n) is 4.90. The Hall–Kier alpha value is -2.09. The van der Waals surface area contributed by atoms with Crippen LogP contribution in [0.1, 0.15) is 0 Å². The molecule has 1 unspecified atom stereocenters. The van der Waals surface area contributed by atoms with Crippen LogP contribution in [0.25, 0.3) is 0 Å². The van der Waals surface area contributed by atoms with Gasteiger partial charge in [0.2, 0.25) is 10.0 Å². The summed E-state index contributed by atoms with van der Waals surface area (Å²) in [5, 5.41) is -1.30. The first-order chi connectivity index (χ1) is 9.76. The monoisotopic (exact) mass is 311 g/mol. The topological polar surface area (TPSA) is 78.0 Å². The summed E-state index contributed by atoms with van der Waals surface area (Å²) in [6.45, 7) is -0.151. The third kappa shape index (κ3) is 2.58. The van der Waals surface area contributed by atoms with Crippen LogP contribution in [0.5, 0.6) is 0 Å². The quantitative estimate of drug-likeness (QED) is 0.807. The van der Waals surface area contributed by atoms with Gasteiger partial charge in [-0.25, -0.2) is 13.2 Å². The Balaban J connectivity index is 2.35. The van der Waals surface area contributed by atoms with Gasteiger partial charge in [0, 0.05) is 27.7 Å². The second-order valence-corrected chi connectivity index (χ2v) is 7.04. The Kier molecular flexibility index (Phi) is 3.91. The van der Waals surface area contributed by atoms with Crippen molar-refractivity contribution in [1.82, 2.24) is 9.80 Å². The van der Waals surface area contributed by atoms with Crippen LogP contribution in [0.2, 0.25) is 0 Å². The van der Waals surface area contributed by atoms with Gasteiger partial charge in [-0.05, 0) is 12.1 Å². The number of benzene rings is 1. The molecule has 1 atom stereocenters. The molecule has 1 aromatic carbocycles. The van der Waals surface area contributed by atoms with E-state index in [4.69, 9.17) is 0 Å². The first-order valence-electron chi connectivity index (χ1n) is 6.32. The number of imide groups is 1. The van der Waals surface area contributed by atoms with E-state index in [9.17, 15) is 18.0 Å². The summed E-state index contributed by atoms with van der Waals surface area (Å²) in [6, 6.07) is 7.98. The minimum Gasteiger partial charge on any atom is -0.325 e. The minimum atomic E-state index is -3.91. The lowest BCUT2D eigenvalue weighted by Gasteiger charge is -2.36. The van der Waals surface area contributed by atoms with Crippen molar-refractivity contribution in [2.45, 2.75) is 5.25 Å². The van der Waals surface area contributed by atoms with Crippen molar-refractivity contribution in [3.05, 3.63) is 30.3 Å². The summed E-state index contributed by atoms with van der Waals surface area (Å²) in [5.41, 5.74) is 0.465. The molecule has 1 aliphatic rings. The van der Waals surface area contributed by atoms with Crippen LogP contribution < -0.4 is 4.31 Å². The van der Waals surface area contributed by atoms with Crippen LogP contribution in [-0.4, -0.2) is 63.1 Å². The number of anilines is 1. The molecule has 1 aliphatic heterocycles. The molecule has 1 saturated heterocycles. The maximum absolute atomic E-state index is 12.6. The van der Waals surface area contributed by atoms with E-state index in [0.717, 1.165) is 9.21 Å². The largest absolute Gasteiger partial charge is 0.326 e. The second kappa shape index (κ2) is 5.36. The normalized spacial score (nSPS) is 19.9. The van der Waals surface area contributed by atoms with Gasteiger partial charge in [-0.15, -0.1) is 0 Å². The predicted octanol–water partition coefficient (Wildman–Crippen LogP) is 0.345. The molecule has 1 aromatic rings. The average Bonchev–Trinajstić information content (AvgIpc) is 2.48. The fourth-order valence-corrected chi connectivity index (χ4v) is 3.79. The van der Waals surface area contributed by atoms with Gasteiger partial charge in [0.15, 0.2) is 5.25 Å². The number of urea groups is 1. The maximum Gasteiger partial charge on any atom is 0.326 e. The number of amides is 3. The standard InChI is InChI=1S/C13H17N3O4S/c1-14-9-11(12(17)15(2)13(14)18)21(19,20)16(3)10-7-5-4-6-8-10/h4-8,11H,9H2,1-3H3. The highest BCUT2D eigenvalue weighted by Crippen LogP contribution is 2.22. The van der Waals surface area contributed by atoms with Gasteiger partial charge in [0.1, 0.15) is 0 Å². The number of hydrogen-bond donors (Lipinski definition) is 0. The van der Waals surface area contributed by atoms with Crippen molar-refractivity contribution in [1.29, 1.82) is 0 Å². The van der Waals surface area contributed by atoms with Crippen LogP contribution in [0.15, 0.2) is 30.3 Å². The molecule has 0 N–H and O–H groups in total. The molecule has 0 saturated carbocycles. The van der Waals surface area contributed by atoms with Crippen molar-refractivity contribution in [3.8, 4) is 0 Å². The van der Waals surface area contributed by atoms with Gasteiger partial charge in [-0.1, -0.05) is 18.2 Å². The van der Waals surface area contributed by atoms with Crippen LogP contribution in [-0.2, 0) is 14.8 Å². The number of para-hydroxylation sites is 1. The molecule has 1 heterocycles. The van der Waals surface area contributed by atoms with E-state index < -0.39 is 27.2 Å². The van der Waals surface area contributed by atoms with E-state index in [0.29, 0.717) is 5.69 Å². The first kappa shape index (κ1) is 15.3. The molecule has 0 radical (unpaired) electrons. The van der Waals surface area contributed by atoms with E-state index in [1.165, 1.54) is 26.0 Å². The molecule has 0 aliphatic carbocycles. The molecule has 7 nitrogen and oxygen atoms in total. The zero-order valence-electron chi connectivity index (χ0n) is 12.1. The molecule has 0 aromatic heterocycles. The lowest BCUT2D eigenvalue weighted by molar-refractivity contribution is -0.129. The number of sulfonamides is 1. The van der Waals surface area contributed by atoms with Gasteiger partial charge < -0.3 is 4.90 Å². The van der Waals surface area contributed by atoms with Gasteiger partial charge in [0.05, 0.1) is 5.69 Å². The highest BCUT2D eigenvalue weighted by molar-refractivity contribution is 7.94. The molecule has 0 bridgehead atoms. The highest BCUT2D eigenvalue weighted by Gasteiger charge is 2.44. The number of carbonyl (C=O) groups excluding carboxylic acids is 2. The van der Waals surface area contributed by atoms with E-state index >= 15 is 0 Å². The van der Waals surface area contributed by atoms with Gasteiger partial charge in [-0.3, -0.25) is 14.0 Å². The summed E-state index contributed by atoms with van der Waals surface area (Å²) in [7, 11) is 0.244. The summed E-state index contributed by atoms with van der Waals surface area (Å²) in [6.07, 6.45) is 0. The Morgan fingerprint density at radius 2 is 1.71 bits per heavy atom. The fourth-order valence-electron chi connectivity index (χ4n) is 2.17. The predicted molar refractivity (Wildman–Crippen MR) is 78.3 cm³/mol. The number of rotatable bonds is 3. The van der Waals surface area contributed by atoms with Crippen LogP contribution in [0, 0.1) is 0 Å². The van der Waals surface area contributed by atoms with Gasteiger partial charge >= 0.3 is 6.03 Å². The minimum absolute atomic E-state index is 0.151. The number of carbonyl (C=O) groups is 2. The Morgan fingerprint density at radius 3 is 2.29 bits per heavy atom. The van der Waals surface area contributed by atoms with Gasteiger partial charge in [-0.2, -0.15) is 0 Å². The SMILES string of the molecule is CN1CC(S(=O)(=O)N(C)c2ccccc2)C(=O)N(C)C1=O. The van der Waals surface area contributed by atoms with E-state index in [1.54, 1.807) is 30.3 Å². The fraction of sp³-hybridized carbons (Fsp3) is 0.385. The van der Waals surface area contributed by atoms with Crippen molar-refractivity contribution >= 4 is 27.6 Å². The Bertz CT molecular complexity index is 659. The molecular weight excluding hydrogens is 294 g/mol. The van der Waals surface area contributed by atoms with Crippen LogP contribution in [0.3, 0.4) is 0 Å².